The Kier molecular flexibility index (Phi) is 4.76. The highest BCUT2D eigenvalue weighted by Gasteiger charge is 2.57. The van der Waals surface area contributed by atoms with Crippen LogP contribution in [0.3, 0.4) is 0 Å². The first-order chi connectivity index (χ1) is 15.6. The van der Waals surface area contributed by atoms with Gasteiger partial charge in [0.15, 0.2) is 0 Å². The standard InChI is InChI=1S/C31H40Si2/c1-21-10-11-26-27-9-7-8-23-16-22(2)18-29(30(23)27)31(28(26)17-21,24-12-14-32(3,4)19-24)25-13-15-33(5,6)20-25/h7-11,16-18,24-25H,12-15,19-20H2,1-6H3. The van der Waals surface area contributed by atoms with E-state index in [4.69, 9.17) is 0 Å². The molecule has 0 amide bonds. The molecule has 2 aliphatic heterocycles. The lowest BCUT2D eigenvalue weighted by atomic mass is 9.54. The van der Waals surface area contributed by atoms with Gasteiger partial charge in [-0.1, -0.05) is 123 Å². The monoisotopic (exact) mass is 468 g/mol. The maximum absolute atomic E-state index is 2.66. The van der Waals surface area contributed by atoms with Crippen molar-refractivity contribution < 1.29 is 0 Å². The average molecular weight is 469 g/mol. The van der Waals surface area contributed by atoms with Crippen LogP contribution < -0.4 is 0 Å². The highest BCUT2D eigenvalue weighted by molar-refractivity contribution is 6.78. The van der Waals surface area contributed by atoms with Crippen LogP contribution in [-0.2, 0) is 5.41 Å². The van der Waals surface area contributed by atoms with Crippen LogP contribution in [-0.4, -0.2) is 16.1 Å². The van der Waals surface area contributed by atoms with Crippen molar-refractivity contribution >= 4 is 26.9 Å². The van der Waals surface area contributed by atoms with Gasteiger partial charge in [-0.2, -0.15) is 0 Å². The first-order valence-corrected chi connectivity index (χ1v) is 20.1. The van der Waals surface area contributed by atoms with Crippen LogP contribution in [0.5, 0.6) is 0 Å². The maximum Gasteiger partial charge on any atom is 0.0477 e. The predicted octanol–water partition coefficient (Wildman–Crippen LogP) is 9.18. The SMILES string of the molecule is Cc1ccc2c(c1)C(C1CC[Si](C)(C)C1)(C1CC[Si](C)(C)C1)c1cc(C)cc3cccc-2c13. The van der Waals surface area contributed by atoms with E-state index in [0.717, 1.165) is 11.8 Å². The molecule has 2 heterocycles. The number of hydrogen-bond donors (Lipinski definition) is 0. The second kappa shape index (κ2) is 7.18. The minimum Gasteiger partial charge on any atom is -0.0693 e. The van der Waals surface area contributed by atoms with Crippen LogP contribution in [0.15, 0.2) is 48.5 Å². The van der Waals surface area contributed by atoms with Crippen LogP contribution in [0.25, 0.3) is 21.9 Å². The van der Waals surface area contributed by atoms with E-state index >= 15 is 0 Å². The molecule has 0 aromatic heterocycles. The van der Waals surface area contributed by atoms with Gasteiger partial charge in [0.1, 0.15) is 0 Å². The van der Waals surface area contributed by atoms with Gasteiger partial charge in [0.2, 0.25) is 0 Å². The third-order valence-corrected chi connectivity index (χ3v) is 16.2. The number of rotatable bonds is 2. The summed E-state index contributed by atoms with van der Waals surface area (Å²) in [7, 11) is -2.27. The van der Waals surface area contributed by atoms with Crippen LogP contribution >= 0.6 is 0 Å². The molecule has 2 heteroatoms. The van der Waals surface area contributed by atoms with Crippen molar-refractivity contribution in [3.05, 3.63) is 70.8 Å². The maximum atomic E-state index is 2.66. The van der Waals surface area contributed by atoms with Gasteiger partial charge in [-0.05, 0) is 58.7 Å². The number of aryl methyl sites for hydroxylation is 2. The Labute approximate surface area is 202 Å². The zero-order valence-electron chi connectivity index (χ0n) is 21.5. The molecule has 33 heavy (non-hydrogen) atoms. The van der Waals surface area contributed by atoms with E-state index in [1.165, 1.54) is 59.1 Å². The van der Waals surface area contributed by atoms with Gasteiger partial charge >= 0.3 is 0 Å². The van der Waals surface area contributed by atoms with Gasteiger partial charge in [0, 0.05) is 21.6 Å². The molecule has 6 rings (SSSR count). The Balaban J connectivity index is 1.76. The molecule has 0 radical (unpaired) electrons. The molecule has 172 valence electrons. The molecule has 2 saturated heterocycles. The smallest absolute Gasteiger partial charge is 0.0477 e. The minimum absolute atomic E-state index is 0.196. The molecule has 3 aliphatic rings. The van der Waals surface area contributed by atoms with Gasteiger partial charge < -0.3 is 0 Å². The van der Waals surface area contributed by atoms with Crippen molar-refractivity contribution in [3.63, 3.8) is 0 Å². The summed E-state index contributed by atoms with van der Waals surface area (Å²) in [4.78, 5) is 0. The highest BCUT2D eigenvalue weighted by atomic mass is 28.3. The fraction of sp³-hybridized carbons (Fsp3) is 0.484. The summed E-state index contributed by atoms with van der Waals surface area (Å²) in [5, 5.41) is 3.04. The van der Waals surface area contributed by atoms with E-state index in [0.29, 0.717) is 0 Å². The fourth-order valence-electron chi connectivity index (χ4n) is 8.37. The summed E-state index contributed by atoms with van der Waals surface area (Å²) in [5.74, 6) is 1.59. The molecular formula is C31H40Si2. The molecule has 2 atom stereocenters. The van der Waals surface area contributed by atoms with E-state index in [2.05, 4.69) is 88.6 Å². The number of fused-ring (bicyclic) bond motifs is 2. The lowest BCUT2D eigenvalue weighted by Crippen LogP contribution is -2.45. The largest absolute Gasteiger partial charge is 0.0693 e. The van der Waals surface area contributed by atoms with Crippen LogP contribution in [0.2, 0.25) is 50.4 Å². The average Bonchev–Trinajstić information content (AvgIpc) is 3.29. The molecule has 0 bridgehead atoms. The van der Waals surface area contributed by atoms with Crippen molar-refractivity contribution in [2.45, 2.75) is 82.5 Å². The Hall–Kier alpha value is -1.65. The van der Waals surface area contributed by atoms with Gasteiger partial charge in [0.05, 0.1) is 0 Å². The summed E-state index contributed by atoms with van der Waals surface area (Å²) in [6.07, 6.45) is 2.87. The Morgan fingerprint density at radius 1 is 0.697 bits per heavy atom. The minimum atomic E-state index is -1.13. The molecule has 0 N–H and O–H groups in total. The summed E-state index contributed by atoms with van der Waals surface area (Å²) >= 11 is 0. The second-order valence-corrected chi connectivity index (χ2v) is 23.8. The van der Waals surface area contributed by atoms with E-state index in [1.807, 2.05) is 0 Å². The van der Waals surface area contributed by atoms with E-state index < -0.39 is 16.1 Å². The molecule has 0 saturated carbocycles. The van der Waals surface area contributed by atoms with Crippen LogP contribution in [0.4, 0.5) is 0 Å². The quantitative estimate of drug-likeness (QED) is 0.329. The van der Waals surface area contributed by atoms with Crippen LogP contribution in [0.1, 0.15) is 35.1 Å². The third kappa shape index (κ3) is 3.20. The summed E-state index contributed by atoms with van der Waals surface area (Å²) in [5.41, 5.74) is 9.50. The van der Waals surface area contributed by atoms with Crippen LogP contribution in [0, 0.1) is 25.7 Å². The lowest BCUT2D eigenvalue weighted by molar-refractivity contribution is 0.245. The van der Waals surface area contributed by atoms with Gasteiger partial charge in [-0.25, -0.2) is 0 Å². The fourth-order valence-corrected chi connectivity index (χ4v) is 14.8. The first kappa shape index (κ1) is 21.9. The lowest BCUT2D eigenvalue weighted by Gasteiger charge is -2.50. The molecule has 2 unspecified atom stereocenters. The predicted molar refractivity (Wildman–Crippen MR) is 150 cm³/mol. The van der Waals surface area contributed by atoms with E-state index in [1.54, 1.807) is 22.1 Å². The Morgan fingerprint density at radius 2 is 1.33 bits per heavy atom. The molecule has 0 nitrogen and oxygen atoms in total. The van der Waals surface area contributed by atoms with Crippen molar-refractivity contribution in [2.24, 2.45) is 11.8 Å². The van der Waals surface area contributed by atoms with Crippen molar-refractivity contribution in [3.8, 4) is 11.1 Å². The van der Waals surface area contributed by atoms with Gasteiger partial charge in [0.25, 0.3) is 0 Å². The highest BCUT2D eigenvalue weighted by Crippen LogP contribution is 2.64. The summed E-state index contributed by atoms with van der Waals surface area (Å²) in [6, 6.07) is 25.6. The zero-order valence-corrected chi connectivity index (χ0v) is 23.5. The molecular weight excluding hydrogens is 429 g/mol. The third-order valence-electron chi connectivity index (χ3n) is 9.70. The van der Waals surface area contributed by atoms with Crippen molar-refractivity contribution in [1.29, 1.82) is 0 Å². The molecule has 2 fully saturated rings. The number of hydrogen-bond acceptors (Lipinski definition) is 0. The zero-order chi connectivity index (χ0) is 23.2. The summed E-state index contributed by atoms with van der Waals surface area (Å²) in [6.45, 7) is 15.3. The van der Waals surface area contributed by atoms with E-state index in [9.17, 15) is 0 Å². The number of benzene rings is 3. The second-order valence-electron chi connectivity index (χ2n) is 13.3. The molecule has 1 aliphatic carbocycles. The summed E-state index contributed by atoms with van der Waals surface area (Å²) < 4.78 is 0. The Bertz CT molecular complexity index is 1240. The van der Waals surface area contributed by atoms with Gasteiger partial charge in [-0.15, -0.1) is 0 Å². The topological polar surface area (TPSA) is 0 Å². The Morgan fingerprint density at radius 3 is 1.94 bits per heavy atom. The van der Waals surface area contributed by atoms with E-state index in [-0.39, 0.29) is 5.41 Å². The first-order valence-electron chi connectivity index (χ1n) is 13.3. The van der Waals surface area contributed by atoms with Crippen molar-refractivity contribution in [2.75, 3.05) is 0 Å². The molecule has 3 aromatic rings. The van der Waals surface area contributed by atoms with Gasteiger partial charge in [-0.3, -0.25) is 0 Å². The molecule has 0 spiro atoms. The normalized spacial score (nSPS) is 29.4. The van der Waals surface area contributed by atoms with Crippen molar-refractivity contribution in [1.82, 2.24) is 0 Å². The molecule has 3 aromatic carbocycles.